The maximum atomic E-state index is 14.7. The fourth-order valence-electron chi connectivity index (χ4n) is 3.81. The lowest BCUT2D eigenvalue weighted by Crippen LogP contribution is -2.35. The van der Waals surface area contributed by atoms with E-state index in [0.717, 1.165) is 28.2 Å². The number of ether oxygens (including phenoxy) is 2. The summed E-state index contributed by atoms with van der Waals surface area (Å²) in [6.07, 6.45) is 1.63. The van der Waals surface area contributed by atoms with Crippen molar-refractivity contribution in [2.24, 2.45) is 7.05 Å². The number of aromatic nitrogens is 1. The molecule has 1 aliphatic heterocycles. The highest BCUT2D eigenvalue weighted by atomic mass is 32.2. The number of aryl methyl sites for hydroxylation is 1. The summed E-state index contributed by atoms with van der Waals surface area (Å²) in [5.74, 6) is -0.394. The zero-order valence-electron chi connectivity index (χ0n) is 15.9. The number of hydrogen-bond acceptors (Lipinski definition) is 4. The van der Waals surface area contributed by atoms with E-state index in [1.165, 1.54) is 28.5 Å². The monoisotopic (exact) mass is 399 g/mol. The minimum absolute atomic E-state index is 0.221. The Hall–Kier alpha value is -2.15. The first-order valence-corrected chi connectivity index (χ1v) is 10.0. The maximum absolute atomic E-state index is 14.7. The van der Waals surface area contributed by atoms with Crippen molar-refractivity contribution in [3.05, 3.63) is 70.3 Å². The molecule has 0 amide bonds. The quantitative estimate of drug-likeness (QED) is 0.649. The number of methoxy groups -OCH3 is 1. The van der Waals surface area contributed by atoms with Gasteiger partial charge in [-0.2, -0.15) is 0 Å². The third kappa shape index (κ3) is 3.48. The molecule has 2 aromatic carbocycles. The van der Waals surface area contributed by atoms with Crippen LogP contribution in [-0.2, 0) is 22.1 Å². The second-order valence-corrected chi connectivity index (χ2v) is 8.16. The zero-order valence-corrected chi connectivity index (χ0v) is 16.7. The van der Waals surface area contributed by atoms with Gasteiger partial charge in [0.15, 0.2) is 0 Å². The number of halogens is 1. The molecule has 0 unspecified atom stereocenters. The van der Waals surface area contributed by atoms with Crippen LogP contribution in [0.4, 0.5) is 4.39 Å². The molecular weight excluding hydrogens is 377 g/mol. The summed E-state index contributed by atoms with van der Waals surface area (Å²) in [7, 11) is 3.33. The Morgan fingerprint density at radius 1 is 1.11 bits per heavy atom. The fraction of sp³-hybridized carbons (Fsp3) is 0.318. The molecule has 0 aliphatic carbocycles. The van der Waals surface area contributed by atoms with Crippen LogP contribution in [0.15, 0.2) is 63.1 Å². The highest BCUT2D eigenvalue weighted by Gasteiger charge is 2.34. The van der Waals surface area contributed by atoms with Crippen molar-refractivity contribution in [3.63, 3.8) is 0 Å². The van der Waals surface area contributed by atoms with E-state index in [4.69, 9.17) is 9.47 Å². The van der Waals surface area contributed by atoms with Gasteiger partial charge in [0.05, 0.1) is 11.1 Å². The summed E-state index contributed by atoms with van der Waals surface area (Å²) in [5.41, 5.74) is 0.890. The molecule has 0 N–H and O–H groups in total. The molecule has 0 radical (unpaired) electrons. The summed E-state index contributed by atoms with van der Waals surface area (Å²) in [4.78, 5) is 13.6. The highest BCUT2D eigenvalue weighted by molar-refractivity contribution is 7.99. The third-order valence-electron chi connectivity index (χ3n) is 5.42. The van der Waals surface area contributed by atoms with Crippen molar-refractivity contribution < 1.29 is 13.9 Å². The summed E-state index contributed by atoms with van der Waals surface area (Å²) in [5, 5.41) is 0.707. The van der Waals surface area contributed by atoms with Gasteiger partial charge in [-0.25, -0.2) is 4.39 Å². The molecule has 4 rings (SSSR count). The predicted molar refractivity (Wildman–Crippen MR) is 108 cm³/mol. The minimum atomic E-state index is -0.394. The summed E-state index contributed by atoms with van der Waals surface area (Å²) in [6, 6.07) is 14.7. The van der Waals surface area contributed by atoms with E-state index in [1.54, 1.807) is 20.2 Å². The van der Waals surface area contributed by atoms with Gasteiger partial charge in [0.2, 0.25) is 0 Å². The summed E-state index contributed by atoms with van der Waals surface area (Å²) >= 11 is 1.50. The molecule has 1 saturated heterocycles. The van der Waals surface area contributed by atoms with Crippen molar-refractivity contribution in [2.75, 3.05) is 20.3 Å². The molecule has 0 bridgehead atoms. The Balaban J connectivity index is 1.68. The number of benzene rings is 2. The molecule has 1 fully saturated rings. The molecule has 1 aliphatic rings. The molecule has 0 saturated carbocycles. The molecule has 28 heavy (non-hydrogen) atoms. The Morgan fingerprint density at radius 2 is 1.89 bits per heavy atom. The van der Waals surface area contributed by atoms with Crippen LogP contribution in [0.5, 0.6) is 0 Å². The van der Waals surface area contributed by atoms with Crippen LogP contribution in [0.2, 0.25) is 0 Å². The number of fused-ring (bicyclic) bond motifs is 1. The average Bonchev–Trinajstić information content (AvgIpc) is 2.71. The minimum Gasteiger partial charge on any atom is -0.381 e. The van der Waals surface area contributed by atoms with Crippen LogP contribution in [0, 0.1) is 5.82 Å². The third-order valence-corrected chi connectivity index (χ3v) is 6.39. The first-order chi connectivity index (χ1) is 13.5. The van der Waals surface area contributed by atoms with Gasteiger partial charge in [0.1, 0.15) is 5.82 Å². The van der Waals surface area contributed by atoms with Crippen LogP contribution >= 0.6 is 11.8 Å². The van der Waals surface area contributed by atoms with Gasteiger partial charge in [0, 0.05) is 61.5 Å². The Kier molecular flexibility index (Phi) is 5.27. The lowest BCUT2D eigenvalue weighted by atomic mass is 9.86. The van der Waals surface area contributed by atoms with Crippen LogP contribution in [0.25, 0.3) is 10.9 Å². The molecule has 0 spiro atoms. The standard InChI is InChI=1S/C22H22FNO3S/c1-24-20(25)7-6-15-12-18(14-19(23)21(15)24)28-17-5-3-4-16(13-17)22(26-2)8-10-27-11-9-22/h3-7,12-14H,8-11H2,1-2H3. The SMILES string of the molecule is COC1(c2cccc(Sc3cc(F)c4c(ccc(=O)n4C)c3)c2)CCOCC1. The number of rotatable bonds is 4. The Bertz CT molecular complexity index is 1070. The van der Waals surface area contributed by atoms with E-state index < -0.39 is 5.82 Å². The van der Waals surface area contributed by atoms with E-state index >= 15 is 0 Å². The second-order valence-electron chi connectivity index (χ2n) is 7.01. The molecule has 1 aromatic heterocycles. The van der Waals surface area contributed by atoms with Crippen LogP contribution in [0.1, 0.15) is 18.4 Å². The molecule has 4 nitrogen and oxygen atoms in total. The molecule has 2 heterocycles. The van der Waals surface area contributed by atoms with Crippen molar-refractivity contribution in [2.45, 2.75) is 28.2 Å². The first kappa shape index (κ1) is 19.2. The number of nitrogens with zero attached hydrogens (tertiary/aromatic N) is 1. The predicted octanol–water partition coefficient (Wildman–Crippen LogP) is 4.48. The van der Waals surface area contributed by atoms with Crippen LogP contribution < -0.4 is 5.56 Å². The molecular formula is C22H22FNO3S. The molecule has 146 valence electrons. The lowest BCUT2D eigenvalue weighted by molar-refractivity contribution is -0.0948. The van der Waals surface area contributed by atoms with Crippen molar-refractivity contribution in [3.8, 4) is 0 Å². The van der Waals surface area contributed by atoms with Crippen LogP contribution in [0.3, 0.4) is 0 Å². The maximum Gasteiger partial charge on any atom is 0.250 e. The molecule has 3 aromatic rings. The molecule has 6 heteroatoms. The van der Waals surface area contributed by atoms with Gasteiger partial charge in [-0.05, 0) is 35.9 Å². The van der Waals surface area contributed by atoms with E-state index in [2.05, 4.69) is 12.1 Å². The Morgan fingerprint density at radius 3 is 2.64 bits per heavy atom. The number of pyridine rings is 1. The van der Waals surface area contributed by atoms with Gasteiger partial charge in [0.25, 0.3) is 5.56 Å². The average molecular weight is 399 g/mol. The largest absolute Gasteiger partial charge is 0.381 e. The first-order valence-electron chi connectivity index (χ1n) is 9.23. The molecule has 0 atom stereocenters. The van der Waals surface area contributed by atoms with E-state index in [0.29, 0.717) is 24.1 Å². The smallest absolute Gasteiger partial charge is 0.250 e. The van der Waals surface area contributed by atoms with Gasteiger partial charge < -0.3 is 14.0 Å². The number of hydrogen-bond donors (Lipinski definition) is 0. The summed E-state index contributed by atoms with van der Waals surface area (Å²) < 4.78 is 27.4. The second kappa shape index (κ2) is 7.70. The van der Waals surface area contributed by atoms with E-state index in [-0.39, 0.29) is 11.2 Å². The zero-order chi connectivity index (χ0) is 19.7. The van der Waals surface area contributed by atoms with Gasteiger partial charge >= 0.3 is 0 Å². The summed E-state index contributed by atoms with van der Waals surface area (Å²) in [6.45, 7) is 1.36. The normalized spacial score (nSPS) is 16.4. The Labute approximate surface area is 167 Å². The van der Waals surface area contributed by atoms with Gasteiger partial charge in [-0.15, -0.1) is 0 Å². The van der Waals surface area contributed by atoms with Crippen LogP contribution in [-0.4, -0.2) is 24.9 Å². The van der Waals surface area contributed by atoms with E-state index in [9.17, 15) is 9.18 Å². The van der Waals surface area contributed by atoms with E-state index in [1.807, 2.05) is 18.2 Å². The van der Waals surface area contributed by atoms with Crippen molar-refractivity contribution in [1.29, 1.82) is 0 Å². The topological polar surface area (TPSA) is 40.5 Å². The highest BCUT2D eigenvalue weighted by Crippen LogP contribution is 2.38. The van der Waals surface area contributed by atoms with Crippen molar-refractivity contribution >= 4 is 22.7 Å². The van der Waals surface area contributed by atoms with Crippen molar-refractivity contribution in [1.82, 2.24) is 4.57 Å². The lowest BCUT2D eigenvalue weighted by Gasteiger charge is -2.36. The van der Waals surface area contributed by atoms with Gasteiger partial charge in [-0.1, -0.05) is 23.9 Å². The van der Waals surface area contributed by atoms with Gasteiger partial charge in [-0.3, -0.25) is 4.79 Å². The fourth-order valence-corrected chi connectivity index (χ4v) is 4.76.